The lowest BCUT2D eigenvalue weighted by Crippen LogP contribution is -2.32. The Bertz CT molecular complexity index is 213. The lowest BCUT2D eigenvalue weighted by Gasteiger charge is -2.34. The van der Waals surface area contributed by atoms with Gasteiger partial charge in [-0.25, -0.2) is 4.79 Å². The largest absolute Gasteiger partial charge is 0.467 e. The van der Waals surface area contributed by atoms with E-state index >= 15 is 0 Å². The van der Waals surface area contributed by atoms with Crippen LogP contribution in [0.1, 0.15) is 46.5 Å². The molecule has 15 heavy (non-hydrogen) atoms. The van der Waals surface area contributed by atoms with Crippen molar-refractivity contribution >= 4 is 5.97 Å². The fourth-order valence-corrected chi connectivity index (χ4v) is 2.02. The van der Waals surface area contributed by atoms with Crippen LogP contribution in [0.2, 0.25) is 0 Å². The summed E-state index contributed by atoms with van der Waals surface area (Å²) in [7, 11) is 1.40. The lowest BCUT2D eigenvalue weighted by atomic mass is 9.76. The summed E-state index contributed by atoms with van der Waals surface area (Å²) in [5, 5.41) is 0. The fourth-order valence-electron chi connectivity index (χ4n) is 2.02. The van der Waals surface area contributed by atoms with Crippen LogP contribution in [-0.2, 0) is 14.3 Å². The van der Waals surface area contributed by atoms with Gasteiger partial charge in [-0.15, -0.1) is 0 Å². The molecule has 1 rings (SSSR count). The first-order valence-electron chi connectivity index (χ1n) is 5.68. The Kier molecular flexibility index (Phi) is 4.14. The maximum atomic E-state index is 11.2. The van der Waals surface area contributed by atoms with Crippen molar-refractivity contribution in [2.45, 2.75) is 58.7 Å². The molecule has 0 heterocycles. The molecule has 3 nitrogen and oxygen atoms in total. The third-order valence-corrected chi connectivity index (χ3v) is 3.22. The van der Waals surface area contributed by atoms with Crippen molar-refractivity contribution in [2.75, 3.05) is 7.11 Å². The summed E-state index contributed by atoms with van der Waals surface area (Å²) in [6.45, 7) is 6.32. The van der Waals surface area contributed by atoms with Gasteiger partial charge in [0.25, 0.3) is 0 Å². The number of hydrogen-bond donors (Lipinski definition) is 0. The molecule has 0 aromatic rings. The quantitative estimate of drug-likeness (QED) is 0.677. The van der Waals surface area contributed by atoms with Crippen molar-refractivity contribution in [1.29, 1.82) is 0 Å². The predicted octanol–water partition coefficient (Wildman–Crippen LogP) is 2.53. The first kappa shape index (κ1) is 12.5. The van der Waals surface area contributed by atoms with Crippen molar-refractivity contribution in [3.05, 3.63) is 0 Å². The molecule has 0 N–H and O–H groups in total. The van der Waals surface area contributed by atoms with Crippen LogP contribution in [0.5, 0.6) is 0 Å². The molecule has 88 valence electrons. The van der Waals surface area contributed by atoms with Crippen molar-refractivity contribution in [3.63, 3.8) is 0 Å². The van der Waals surface area contributed by atoms with Crippen LogP contribution in [0.25, 0.3) is 0 Å². The van der Waals surface area contributed by atoms with E-state index in [1.807, 2.05) is 0 Å². The highest BCUT2D eigenvalue weighted by atomic mass is 16.6. The number of esters is 1. The Morgan fingerprint density at radius 3 is 2.33 bits per heavy atom. The summed E-state index contributed by atoms with van der Waals surface area (Å²) in [6.07, 6.45) is 4.24. The van der Waals surface area contributed by atoms with Crippen LogP contribution in [0.3, 0.4) is 0 Å². The minimum absolute atomic E-state index is 0.229. The normalized spacial score (nSPS) is 23.5. The molecule has 0 unspecified atom stereocenters. The van der Waals surface area contributed by atoms with Crippen LogP contribution in [-0.4, -0.2) is 25.3 Å². The van der Waals surface area contributed by atoms with Crippen molar-refractivity contribution in [1.82, 2.24) is 0 Å². The molecule has 0 amide bonds. The van der Waals surface area contributed by atoms with Gasteiger partial charge in [-0.3, -0.25) is 0 Å². The highest BCUT2D eigenvalue weighted by Gasteiger charge is 2.29. The number of carbonyl (C=O) groups excluding carboxylic acids is 1. The molecule has 1 fully saturated rings. The second-order valence-corrected chi connectivity index (χ2v) is 5.17. The maximum absolute atomic E-state index is 11.2. The Balaban J connectivity index is 2.32. The number of hydrogen-bond acceptors (Lipinski definition) is 3. The van der Waals surface area contributed by atoms with Gasteiger partial charge in [0.2, 0.25) is 0 Å². The van der Waals surface area contributed by atoms with Gasteiger partial charge in [-0.2, -0.15) is 0 Å². The molecular weight excluding hydrogens is 192 g/mol. The van der Waals surface area contributed by atoms with E-state index < -0.39 is 6.10 Å². The number of rotatable bonds is 3. The molecule has 0 radical (unpaired) electrons. The van der Waals surface area contributed by atoms with E-state index in [1.54, 1.807) is 6.92 Å². The zero-order valence-electron chi connectivity index (χ0n) is 10.2. The lowest BCUT2D eigenvalue weighted by molar-refractivity contribution is -0.158. The second-order valence-electron chi connectivity index (χ2n) is 5.17. The number of methoxy groups -OCH3 is 1. The van der Waals surface area contributed by atoms with Crippen LogP contribution in [0.15, 0.2) is 0 Å². The van der Waals surface area contributed by atoms with Gasteiger partial charge in [0.15, 0.2) is 6.10 Å². The topological polar surface area (TPSA) is 35.5 Å². The highest BCUT2D eigenvalue weighted by molar-refractivity contribution is 5.73. The predicted molar refractivity (Wildman–Crippen MR) is 58.6 cm³/mol. The Morgan fingerprint density at radius 2 is 1.87 bits per heavy atom. The Hall–Kier alpha value is -0.570. The fraction of sp³-hybridized carbons (Fsp3) is 0.917. The van der Waals surface area contributed by atoms with E-state index in [0.717, 1.165) is 12.8 Å². The third kappa shape index (κ3) is 3.82. The standard InChI is InChI=1S/C12H22O3/c1-9(11(13)14-4)15-10-5-7-12(2,3)8-6-10/h9-10H,5-8H2,1-4H3/t9-/m0/s1. The molecule has 1 atom stereocenters. The monoisotopic (exact) mass is 214 g/mol. The van der Waals surface area contributed by atoms with E-state index in [0.29, 0.717) is 5.41 Å². The smallest absolute Gasteiger partial charge is 0.334 e. The average Bonchev–Trinajstić information content (AvgIpc) is 2.20. The summed E-state index contributed by atoms with van der Waals surface area (Å²) in [6, 6.07) is 0. The molecule has 0 aromatic carbocycles. The zero-order chi connectivity index (χ0) is 11.5. The summed E-state index contributed by atoms with van der Waals surface area (Å²) in [4.78, 5) is 11.2. The van der Waals surface area contributed by atoms with Crippen LogP contribution >= 0.6 is 0 Å². The van der Waals surface area contributed by atoms with E-state index in [9.17, 15) is 4.79 Å². The summed E-state index contributed by atoms with van der Waals surface area (Å²) < 4.78 is 10.3. The van der Waals surface area contributed by atoms with Gasteiger partial charge in [-0.05, 0) is 38.0 Å². The molecule has 1 aliphatic rings. The van der Waals surface area contributed by atoms with Crippen molar-refractivity contribution in [2.24, 2.45) is 5.41 Å². The molecule has 0 bridgehead atoms. The van der Waals surface area contributed by atoms with E-state index in [1.165, 1.54) is 20.0 Å². The molecule has 0 saturated heterocycles. The molecule has 1 aliphatic carbocycles. The SMILES string of the molecule is COC(=O)[C@H](C)OC1CCC(C)(C)CC1. The highest BCUT2D eigenvalue weighted by Crippen LogP contribution is 2.36. The van der Waals surface area contributed by atoms with Crippen LogP contribution in [0.4, 0.5) is 0 Å². The second kappa shape index (κ2) is 4.97. The molecule has 0 aliphatic heterocycles. The first-order valence-corrected chi connectivity index (χ1v) is 5.68. The first-order chi connectivity index (χ1) is 6.94. The van der Waals surface area contributed by atoms with Crippen LogP contribution < -0.4 is 0 Å². The van der Waals surface area contributed by atoms with Gasteiger partial charge in [0.05, 0.1) is 13.2 Å². The Morgan fingerprint density at radius 1 is 1.33 bits per heavy atom. The van der Waals surface area contributed by atoms with Crippen molar-refractivity contribution < 1.29 is 14.3 Å². The number of ether oxygens (including phenoxy) is 2. The van der Waals surface area contributed by atoms with Gasteiger partial charge in [0, 0.05) is 0 Å². The van der Waals surface area contributed by atoms with Gasteiger partial charge in [-0.1, -0.05) is 13.8 Å². The average molecular weight is 214 g/mol. The maximum Gasteiger partial charge on any atom is 0.334 e. The summed E-state index contributed by atoms with van der Waals surface area (Å²) in [5.41, 5.74) is 0.439. The van der Waals surface area contributed by atoms with Gasteiger partial charge in [0.1, 0.15) is 0 Å². The van der Waals surface area contributed by atoms with Gasteiger partial charge < -0.3 is 9.47 Å². The summed E-state index contributed by atoms with van der Waals surface area (Å²) in [5.74, 6) is -0.278. The minimum Gasteiger partial charge on any atom is -0.467 e. The van der Waals surface area contributed by atoms with E-state index in [-0.39, 0.29) is 12.1 Å². The van der Waals surface area contributed by atoms with E-state index in [4.69, 9.17) is 4.74 Å². The molecule has 3 heteroatoms. The van der Waals surface area contributed by atoms with Crippen molar-refractivity contribution in [3.8, 4) is 0 Å². The van der Waals surface area contributed by atoms with Gasteiger partial charge >= 0.3 is 5.97 Å². The van der Waals surface area contributed by atoms with Crippen LogP contribution in [0, 0.1) is 5.41 Å². The Labute approximate surface area is 92.1 Å². The summed E-state index contributed by atoms with van der Waals surface area (Å²) >= 11 is 0. The van der Waals surface area contributed by atoms with E-state index in [2.05, 4.69) is 18.6 Å². The number of carbonyl (C=O) groups is 1. The zero-order valence-corrected chi connectivity index (χ0v) is 10.2. The molecule has 1 saturated carbocycles. The molecule has 0 spiro atoms. The molecule has 0 aromatic heterocycles. The molecular formula is C12H22O3. The third-order valence-electron chi connectivity index (χ3n) is 3.22. The minimum atomic E-state index is -0.429.